The largest absolute Gasteiger partial charge is 0.325 e. The fraction of sp³-hybridized carbons (Fsp3) is 0.357. The van der Waals surface area contributed by atoms with Crippen molar-refractivity contribution in [3.63, 3.8) is 0 Å². The number of hydrogen-bond donors (Lipinski definition) is 1. The van der Waals surface area contributed by atoms with Gasteiger partial charge in [-0.3, -0.25) is 4.79 Å². The molecule has 0 aromatic heterocycles. The summed E-state index contributed by atoms with van der Waals surface area (Å²) in [6.07, 6.45) is 3.91. The summed E-state index contributed by atoms with van der Waals surface area (Å²) in [6, 6.07) is 8.04. The number of carbonyl (C=O) groups excluding carboxylic acids is 1. The highest BCUT2D eigenvalue weighted by molar-refractivity contribution is 6.06. The summed E-state index contributed by atoms with van der Waals surface area (Å²) in [5, 5.41) is 3.00. The van der Waals surface area contributed by atoms with Crippen molar-refractivity contribution in [3.8, 4) is 0 Å². The van der Waals surface area contributed by atoms with Crippen LogP contribution in [0.1, 0.15) is 31.2 Å². The van der Waals surface area contributed by atoms with Gasteiger partial charge in [0.2, 0.25) is 5.91 Å². The number of carbonyl (C=O) groups is 1. The molecule has 1 fully saturated rings. The van der Waals surface area contributed by atoms with E-state index in [2.05, 4.69) is 18.0 Å². The molecule has 1 aromatic carbocycles. The smallest absolute Gasteiger partial charge is 0.235 e. The Morgan fingerprint density at radius 2 is 2.12 bits per heavy atom. The number of benzene rings is 1. The van der Waals surface area contributed by atoms with E-state index < -0.39 is 0 Å². The average molecular weight is 213 g/mol. The molecule has 1 heterocycles. The monoisotopic (exact) mass is 213 g/mol. The quantitative estimate of drug-likeness (QED) is 0.659. The molecule has 2 nitrogen and oxygen atoms in total. The van der Waals surface area contributed by atoms with Gasteiger partial charge in [-0.25, -0.2) is 0 Å². The molecule has 16 heavy (non-hydrogen) atoms. The Kier molecular flexibility index (Phi) is 1.93. The van der Waals surface area contributed by atoms with Crippen LogP contribution < -0.4 is 5.32 Å². The maximum Gasteiger partial charge on any atom is 0.235 e. The van der Waals surface area contributed by atoms with E-state index in [1.165, 1.54) is 11.1 Å². The minimum atomic E-state index is -0.314. The minimum Gasteiger partial charge on any atom is -0.325 e. The number of hydrogen-bond acceptors (Lipinski definition) is 1. The molecule has 1 aromatic rings. The van der Waals surface area contributed by atoms with Crippen LogP contribution in [0.3, 0.4) is 0 Å². The third-order valence-electron chi connectivity index (χ3n) is 3.81. The van der Waals surface area contributed by atoms with Crippen LogP contribution in [0.2, 0.25) is 0 Å². The third kappa shape index (κ3) is 1.16. The lowest BCUT2D eigenvalue weighted by molar-refractivity contribution is -0.121. The normalized spacial score (nSPS) is 28.0. The predicted molar refractivity (Wildman–Crippen MR) is 64.4 cm³/mol. The lowest BCUT2D eigenvalue weighted by atomic mass is 9.69. The first-order chi connectivity index (χ1) is 7.72. The third-order valence-corrected chi connectivity index (χ3v) is 3.81. The zero-order valence-corrected chi connectivity index (χ0v) is 9.25. The topological polar surface area (TPSA) is 29.1 Å². The molecule has 82 valence electrons. The number of amides is 1. The van der Waals surface area contributed by atoms with Crippen LogP contribution in [0.15, 0.2) is 36.4 Å². The molecule has 0 bridgehead atoms. The lowest BCUT2D eigenvalue weighted by Gasteiger charge is -2.32. The second-order valence-corrected chi connectivity index (χ2v) is 4.86. The van der Waals surface area contributed by atoms with E-state index >= 15 is 0 Å². The summed E-state index contributed by atoms with van der Waals surface area (Å²) in [4.78, 5) is 12.2. The Balaban J connectivity index is 2.13. The highest BCUT2D eigenvalue weighted by Crippen LogP contribution is 2.48. The van der Waals surface area contributed by atoms with Gasteiger partial charge >= 0.3 is 0 Å². The van der Waals surface area contributed by atoms with Gasteiger partial charge in [-0.05, 0) is 37.3 Å². The molecule has 1 aliphatic carbocycles. The molecule has 1 aliphatic heterocycles. The molecule has 0 saturated heterocycles. The molecule has 3 rings (SSSR count). The Morgan fingerprint density at radius 3 is 2.94 bits per heavy atom. The Labute approximate surface area is 95.4 Å². The fourth-order valence-electron chi connectivity index (χ4n) is 3.04. The van der Waals surface area contributed by atoms with E-state index in [1.54, 1.807) is 0 Å². The second kappa shape index (κ2) is 3.21. The first-order valence-electron chi connectivity index (χ1n) is 5.80. The summed E-state index contributed by atoms with van der Waals surface area (Å²) >= 11 is 0. The van der Waals surface area contributed by atoms with Gasteiger partial charge < -0.3 is 5.32 Å². The standard InChI is InChI=1S/C14H15NO/c1-10-5-4-8-14(9-10)11-6-2-3-7-12(11)15-13(14)16/h2-3,6-7H,1,4-5,8-9H2,(H,15,16)/t14-/m1/s1. The zero-order valence-electron chi connectivity index (χ0n) is 9.25. The van der Waals surface area contributed by atoms with E-state index in [0.29, 0.717) is 0 Å². The van der Waals surface area contributed by atoms with Gasteiger partial charge in [0.25, 0.3) is 0 Å². The molecule has 0 unspecified atom stereocenters. The number of fused-ring (bicyclic) bond motifs is 2. The minimum absolute atomic E-state index is 0.162. The van der Waals surface area contributed by atoms with Crippen molar-refractivity contribution in [1.29, 1.82) is 0 Å². The van der Waals surface area contributed by atoms with Gasteiger partial charge in [0.1, 0.15) is 0 Å². The number of para-hydroxylation sites is 1. The van der Waals surface area contributed by atoms with E-state index in [9.17, 15) is 4.79 Å². The molecule has 1 amide bonds. The Morgan fingerprint density at radius 1 is 1.31 bits per heavy atom. The number of rotatable bonds is 0. The average Bonchev–Trinajstić information content (AvgIpc) is 2.53. The van der Waals surface area contributed by atoms with Crippen LogP contribution in [-0.4, -0.2) is 5.91 Å². The summed E-state index contributed by atoms with van der Waals surface area (Å²) in [7, 11) is 0. The first kappa shape index (κ1) is 9.64. The van der Waals surface area contributed by atoms with Gasteiger partial charge in [-0.2, -0.15) is 0 Å². The van der Waals surface area contributed by atoms with Gasteiger partial charge in [0.15, 0.2) is 0 Å². The fourth-order valence-corrected chi connectivity index (χ4v) is 3.04. The van der Waals surface area contributed by atoms with Gasteiger partial charge in [0, 0.05) is 5.69 Å². The van der Waals surface area contributed by atoms with Crippen LogP contribution in [0, 0.1) is 0 Å². The van der Waals surface area contributed by atoms with Crippen LogP contribution >= 0.6 is 0 Å². The van der Waals surface area contributed by atoms with Crippen molar-refractivity contribution < 1.29 is 4.79 Å². The molecule has 1 atom stereocenters. The van der Waals surface area contributed by atoms with Gasteiger partial charge in [0.05, 0.1) is 5.41 Å². The Bertz CT molecular complexity index is 477. The molecule has 1 saturated carbocycles. The van der Waals surface area contributed by atoms with Crippen LogP contribution in [-0.2, 0) is 10.2 Å². The second-order valence-electron chi connectivity index (χ2n) is 4.86. The van der Waals surface area contributed by atoms with Gasteiger partial charge in [-0.15, -0.1) is 0 Å². The summed E-state index contributed by atoms with van der Waals surface area (Å²) in [6.45, 7) is 4.06. The SMILES string of the molecule is C=C1CCC[C@]2(C1)C(=O)Nc1ccccc12. The van der Waals surface area contributed by atoms with Gasteiger partial charge in [-0.1, -0.05) is 30.4 Å². The Hall–Kier alpha value is -1.57. The molecular weight excluding hydrogens is 198 g/mol. The van der Waals surface area contributed by atoms with Crippen molar-refractivity contribution in [2.45, 2.75) is 31.1 Å². The van der Waals surface area contributed by atoms with E-state index in [-0.39, 0.29) is 11.3 Å². The van der Waals surface area contributed by atoms with Crippen molar-refractivity contribution in [2.75, 3.05) is 5.32 Å². The van der Waals surface area contributed by atoms with Crippen molar-refractivity contribution in [1.82, 2.24) is 0 Å². The summed E-state index contributed by atoms with van der Waals surface area (Å²) in [5.74, 6) is 0.162. The first-order valence-corrected chi connectivity index (χ1v) is 5.80. The van der Waals surface area contributed by atoms with Crippen LogP contribution in [0.4, 0.5) is 5.69 Å². The van der Waals surface area contributed by atoms with Crippen molar-refractivity contribution in [3.05, 3.63) is 42.0 Å². The highest BCUT2D eigenvalue weighted by Gasteiger charge is 2.47. The molecule has 0 radical (unpaired) electrons. The maximum absolute atomic E-state index is 12.2. The molecule has 2 heteroatoms. The molecule has 1 spiro atoms. The zero-order chi connectivity index (χ0) is 11.2. The van der Waals surface area contributed by atoms with E-state index in [1.807, 2.05) is 18.2 Å². The van der Waals surface area contributed by atoms with Crippen molar-refractivity contribution >= 4 is 11.6 Å². The van der Waals surface area contributed by atoms with Crippen LogP contribution in [0.5, 0.6) is 0 Å². The number of nitrogens with one attached hydrogen (secondary N) is 1. The molecule has 1 N–H and O–H groups in total. The number of allylic oxidation sites excluding steroid dienone is 1. The maximum atomic E-state index is 12.2. The number of anilines is 1. The van der Waals surface area contributed by atoms with Crippen molar-refractivity contribution in [2.24, 2.45) is 0 Å². The van der Waals surface area contributed by atoms with E-state index in [4.69, 9.17) is 0 Å². The van der Waals surface area contributed by atoms with E-state index in [0.717, 1.165) is 31.4 Å². The summed E-state index contributed by atoms with van der Waals surface area (Å²) < 4.78 is 0. The highest BCUT2D eigenvalue weighted by atomic mass is 16.2. The summed E-state index contributed by atoms with van der Waals surface area (Å²) in [5.41, 5.74) is 3.05. The molecule has 2 aliphatic rings. The lowest BCUT2D eigenvalue weighted by Crippen LogP contribution is -2.36. The molecular formula is C14H15NO. The van der Waals surface area contributed by atoms with Crippen LogP contribution in [0.25, 0.3) is 0 Å². The predicted octanol–water partition coefficient (Wildman–Crippen LogP) is 3.01.